The number of hydrogen-bond donors (Lipinski definition) is 0. The van der Waals surface area contributed by atoms with E-state index in [1.165, 1.54) is 77.3 Å². The Kier molecular flexibility index (Phi) is 8.29. The van der Waals surface area contributed by atoms with Crippen molar-refractivity contribution in [2.45, 2.75) is 71.1 Å². The molecule has 0 amide bonds. The van der Waals surface area contributed by atoms with E-state index in [2.05, 4.69) is 126 Å². The van der Waals surface area contributed by atoms with Gasteiger partial charge in [0, 0.05) is 11.5 Å². The molecule has 1 aliphatic carbocycles. The fourth-order valence-corrected chi connectivity index (χ4v) is 8.34. The van der Waals surface area contributed by atoms with Crippen LogP contribution >= 0.6 is 0 Å². The minimum atomic E-state index is -0.403. The average Bonchev–Trinajstić information content (AvgIpc) is 3.36. The molecule has 7 aromatic carbocycles. The Morgan fingerprint density at radius 3 is 1.98 bits per heavy atom. The second kappa shape index (κ2) is 12.7. The van der Waals surface area contributed by atoms with Gasteiger partial charge in [0.2, 0.25) is 0 Å². The van der Waals surface area contributed by atoms with Crippen LogP contribution in [0.2, 0.25) is 0 Å². The number of carbonyl (C=O) groups excluding carboxylic acids is 1. The number of ether oxygens (including phenoxy) is 1. The molecule has 260 valence electrons. The second-order valence-corrected chi connectivity index (χ2v) is 16.1. The molecule has 0 saturated heterocycles. The molecule has 8 rings (SSSR count). The zero-order valence-electron chi connectivity index (χ0n) is 30.8. The van der Waals surface area contributed by atoms with Gasteiger partial charge in [-0.3, -0.25) is 0 Å². The summed E-state index contributed by atoms with van der Waals surface area (Å²) in [4.78, 5) is 11.2. The highest BCUT2D eigenvalue weighted by Crippen LogP contribution is 2.51. The molecule has 0 atom stereocenters. The van der Waals surface area contributed by atoms with E-state index in [1.807, 2.05) is 12.1 Å². The van der Waals surface area contributed by atoms with Crippen LogP contribution in [0.25, 0.3) is 65.7 Å². The fourth-order valence-electron chi connectivity index (χ4n) is 8.34. The summed E-state index contributed by atoms with van der Waals surface area (Å²) in [5.41, 5.74) is 11.4. The molecule has 0 aromatic heterocycles. The van der Waals surface area contributed by atoms with Gasteiger partial charge in [0.1, 0.15) is 5.82 Å². The summed E-state index contributed by atoms with van der Waals surface area (Å²) in [6, 6.07) is 37.7. The number of benzene rings is 7. The van der Waals surface area contributed by atoms with Crippen molar-refractivity contribution in [2.24, 2.45) is 0 Å². The van der Waals surface area contributed by atoms with Crippen LogP contribution in [0.5, 0.6) is 0 Å². The van der Waals surface area contributed by atoms with E-state index >= 15 is 4.39 Å². The summed E-state index contributed by atoms with van der Waals surface area (Å²) in [5, 5.41) is 7.84. The van der Waals surface area contributed by atoms with Crippen molar-refractivity contribution in [1.82, 2.24) is 0 Å². The van der Waals surface area contributed by atoms with Crippen LogP contribution in [0.1, 0.15) is 76.1 Å². The van der Waals surface area contributed by atoms with Gasteiger partial charge in [0.05, 0.1) is 6.61 Å². The molecule has 0 heterocycles. The van der Waals surface area contributed by atoms with E-state index in [0.717, 1.165) is 36.0 Å². The molecule has 7 aromatic rings. The van der Waals surface area contributed by atoms with Crippen LogP contribution < -0.4 is 0 Å². The van der Waals surface area contributed by atoms with Gasteiger partial charge in [-0.25, -0.2) is 9.18 Å². The maximum atomic E-state index is 15.3. The maximum absolute atomic E-state index is 15.3. The lowest BCUT2D eigenvalue weighted by atomic mass is 9.80. The minimum Gasteiger partial charge on any atom is -0.463 e. The molecule has 0 N–H and O–H groups in total. The van der Waals surface area contributed by atoms with E-state index in [4.69, 9.17) is 4.74 Å². The van der Waals surface area contributed by atoms with Crippen molar-refractivity contribution in [3.63, 3.8) is 0 Å². The third-order valence-electron chi connectivity index (χ3n) is 11.3. The van der Waals surface area contributed by atoms with Gasteiger partial charge in [-0.2, -0.15) is 0 Å². The van der Waals surface area contributed by atoms with E-state index in [9.17, 15) is 4.79 Å². The van der Waals surface area contributed by atoms with Crippen molar-refractivity contribution in [2.75, 3.05) is 6.61 Å². The first-order chi connectivity index (χ1) is 24.9. The number of halogens is 1. The predicted molar refractivity (Wildman–Crippen MR) is 216 cm³/mol. The number of fused-ring (bicyclic) bond motifs is 3. The maximum Gasteiger partial charge on any atom is 0.330 e. The average molecular weight is 685 g/mol. The van der Waals surface area contributed by atoms with Gasteiger partial charge in [-0.05, 0) is 137 Å². The highest BCUT2D eigenvalue weighted by Gasteiger charge is 2.36. The zero-order chi connectivity index (χ0) is 36.4. The van der Waals surface area contributed by atoms with Crippen molar-refractivity contribution in [1.29, 1.82) is 0 Å². The SMILES string of the molecule is C=CC(=O)OCCCCCc1ccc(-c2ccc3c(c2)C(C)(C)c2cc(-c4ccc5ccc6cc(C(C)(C)C)cc7ccc4c5c67)ccc2-3)cc1F. The van der Waals surface area contributed by atoms with E-state index in [1.54, 1.807) is 6.07 Å². The molecule has 0 spiro atoms. The molecule has 0 saturated carbocycles. The Morgan fingerprint density at radius 2 is 1.29 bits per heavy atom. The molecular formula is C49H45FO2. The summed E-state index contributed by atoms with van der Waals surface area (Å²) in [7, 11) is 0. The van der Waals surface area contributed by atoms with Gasteiger partial charge in [0.25, 0.3) is 0 Å². The summed E-state index contributed by atoms with van der Waals surface area (Å²) >= 11 is 0. The van der Waals surface area contributed by atoms with Crippen LogP contribution in [0.4, 0.5) is 4.39 Å². The zero-order valence-corrected chi connectivity index (χ0v) is 30.8. The summed E-state index contributed by atoms with van der Waals surface area (Å²) < 4.78 is 20.4. The topological polar surface area (TPSA) is 26.3 Å². The lowest BCUT2D eigenvalue weighted by Gasteiger charge is -2.23. The smallest absolute Gasteiger partial charge is 0.330 e. The number of rotatable bonds is 9. The molecule has 0 unspecified atom stereocenters. The van der Waals surface area contributed by atoms with Crippen molar-refractivity contribution >= 4 is 38.3 Å². The minimum absolute atomic E-state index is 0.0826. The molecule has 0 fully saturated rings. The normalized spacial score (nSPS) is 13.5. The van der Waals surface area contributed by atoms with E-state index in [-0.39, 0.29) is 16.6 Å². The van der Waals surface area contributed by atoms with Crippen LogP contribution in [0, 0.1) is 5.82 Å². The van der Waals surface area contributed by atoms with E-state index in [0.29, 0.717) is 13.0 Å². The summed E-state index contributed by atoms with van der Waals surface area (Å²) in [6.07, 6.45) is 4.28. The summed E-state index contributed by atoms with van der Waals surface area (Å²) in [5.74, 6) is -0.578. The van der Waals surface area contributed by atoms with Crippen molar-refractivity contribution in [3.8, 4) is 33.4 Å². The second-order valence-electron chi connectivity index (χ2n) is 16.1. The Bertz CT molecular complexity index is 2510. The molecule has 1 aliphatic rings. The Hall–Kier alpha value is -5.28. The standard InChI is InChI=1S/C49H45FO2/c1-7-45(51)52-24-10-8-9-11-30-12-14-33(29-44(30)50)32-17-21-39-40-22-18-34(28-43(40)49(5,6)42(39)27-32)38-20-16-31-13-15-35-25-37(48(2,3)4)26-36-19-23-41(38)47(31)46(35)36/h7,12-23,25-29H,1,8-11,24H2,2-6H3. The molecular weight excluding hydrogens is 640 g/mol. The lowest BCUT2D eigenvalue weighted by Crippen LogP contribution is -2.15. The number of esters is 1. The molecule has 0 radical (unpaired) electrons. The first-order valence-electron chi connectivity index (χ1n) is 18.5. The fraction of sp³-hybridized carbons (Fsp3) is 0.245. The first-order valence-corrected chi connectivity index (χ1v) is 18.5. The predicted octanol–water partition coefficient (Wildman–Crippen LogP) is 13.1. The van der Waals surface area contributed by atoms with Gasteiger partial charge in [-0.15, -0.1) is 0 Å². The van der Waals surface area contributed by atoms with Crippen LogP contribution in [0.3, 0.4) is 0 Å². The molecule has 0 aliphatic heterocycles. The van der Waals surface area contributed by atoms with Crippen molar-refractivity contribution in [3.05, 3.63) is 144 Å². The number of hydrogen-bond acceptors (Lipinski definition) is 2. The number of unbranched alkanes of at least 4 members (excludes halogenated alkanes) is 2. The molecule has 3 heteroatoms. The van der Waals surface area contributed by atoms with Gasteiger partial charge < -0.3 is 4.74 Å². The van der Waals surface area contributed by atoms with Crippen LogP contribution in [-0.2, 0) is 26.8 Å². The lowest BCUT2D eigenvalue weighted by molar-refractivity contribution is -0.137. The highest BCUT2D eigenvalue weighted by atomic mass is 19.1. The molecule has 52 heavy (non-hydrogen) atoms. The number of aryl methyl sites for hydroxylation is 1. The largest absolute Gasteiger partial charge is 0.463 e. The third-order valence-corrected chi connectivity index (χ3v) is 11.3. The molecule has 2 nitrogen and oxygen atoms in total. The first kappa shape index (κ1) is 33.8. The Balaban J connectivity index is 1.08. The highest BCUT2D eigenvalue weighted by molar-refractivity contribution is 6.25. The Morgan fingerprint density at radius 1 is 0.692 bits per heavy atom. The number of carbonyl (C=O) groups is 1. The monoisotopic (exact) mass is 684 g/mol. The summed E-state index contributed by atoms with van der Waals surface area (Å²) in [6.45, 7) is 15.2. The van der Waals surface area contributed by atoms with Gasteiger partial charge in [0.15, 0.2) is 0 Å². The Labute approximate surface area is 306 Å². The van der Waals surface area contributed by atoms with Gasteiger partial charge >= 0.3 is 5.97 Å². The third kappa shape index (κ3) is 5.77. The quantitative estimate of drug-likeness (QED) is 0.0655. The van der Waals surface area contributed by atoms with Crippen LogP contribution in [0.15, 0.2) is 116 Å². The van der Waals surface area contributed by atoms with Gasteiger partial charge in [-0.1, -0.05) is 126 Å². The van der Waals surface area contributed by atoms with Crippen LogP contribution in [-0.4, -0.2) is 12.6 Å². The van der Waals surface area contributed by atoms with E-state index < -0.39 is 5.97 Å². The van der Waals surface area contributed by atoms with Crippen molar-refractivity contribution < 1.29 is 13.9 Å². The molecule has 0 bridgehead atoms.